The number of aromatic nitrogens is 2. The fourth-order valence-corrected chi connectivity index (χ4v) is 2.92. The number of nitriles is 1. The minimum atomic E-state index is -0.0718. The predicted molar refractivity (Wildman–Crippen MR) is 94.1 cm³/mol. The van der Waals surface area contributed by atoms with Gasteiger partial charge in [0.1, 0.15) is 11.9 Å². The summed E-state index contributed by atoms with van der Waals surface area (Å²) in [5.74, 6) is 0.774. The van der Waals surface area contributed by atoms with E-state index in [0.29, 0.717) is 11.2 Å². The first-order valence-corrected chi connectivity index (χ1v) is 7.85. The summed E-state index contributed by atoms with van der Waals surface area (Å²) in [7, 11) is 3.49. The van der Waals surface area contributed by atoms with Crippen LogP contribution in [0.4, 0.5) is 5.82 Å². The summed E-state index contributed by atoms with van der Waals surface area (Å²) in [4.78, 5) is 18.3. The van der Waals surface area contributed by atoms with Crippen LogP contribution in [0.3, 0.4) is 0 Å². The van der Waals surface area contributed by atoms with E-state index in [1.54, 1.807) is 7.05 Å². The Hall–Kier alpha value is -3.07. The minimum Gasteiger partial charge on any atom is -0.358 e. The zero-order valence-corrected chi connectivity index (χ0v) is 14.0. The van der Waals surface area contributed by atoms with Crippen molar-refractivity contribution in [3.8, 4) is 6.07 Å². The Morgan fingerprint density at radius 2 is 2.17 bits per heavy atom. The molecule has 6 nitrogen and oxygen atoms in total. The van der Waals surface area contributed by atoms with Gasteiger partial charge in [-0.15, -0.1) is 0 Å². The smallest absolute Gasteiger partial charge is 0.239 e. The normalized spacial score (nSPS) is 10.8. The second kappa shape index (κ2) is 6.20. The third kappa shape index (κ3) is 2.44. The fraction of sp³-hybridized carbons (Fsp3) is 0.278. The van der Waals surface area contributed by atoms with Crippen LogP contribution in [-0.2, 0) is 11.2 Å². The quantitative estimate of drug-likeness (QED) is 0.799. The van der Waals surface area contributed by atoms with E-state index in [0.717, 1.165) is 28.8 Å². The molecule has 2 aromatic heterocycles. The topological polar surface area (TPSA) is 73.4 Å². The Bertz CT molecular complexity index is 967. The zero-order valence-electron chi connectivity index (χ0n) is 14.0. The SMILES string of the molecule is CCc1cc(N(C)CC(=O)NC)n2c(nc3ccccc32)c1C#N. The molecule has 0 spiro atoms. The maximum absolute atomic E-state index is 11.8. The van der Waals surface area contributed by atoms with Crippen molar-refractivity contribution in [2.24, 2.45) is 0 Å². The van der Waals surface area contributed by atoms with Crippen LogP contribution in [0.2, 0.25) is 0 Å². The zero-order chi connectivity index (χ0) is 17.3. The average Bonchev–Trinajstić information content (AvgIpc) is 2.99. The second-order valence-electron chi connectivity index (χ2n) is 5.66. The van der Waals surface area contributed by atoms with Gasteiger partial charge in [-0.1, -0.05) is 19.1 Å². The highest BCUT2D eigenvalue weighted by molar-refractivity contribution is 5.86. The van der Waals surface area contributed by atoms with Crippen LogP contribution in [0.25, 0.3) is 16.7 Å². The number of amides is 1. The Kier molecular flexibility index (Phi) is 4.09. The summed E-state index contributed by atoms with van der Waals surface area (Å²) in [6.45, 7) is 2.24. The predicted octanol–water partition coefficient (Wildman–Crippen LogP) is 2.10. The van der Waals surface area contributed by atoms with Gasteiger partial charge in [0.2, 0.25) is 5.91 Å². The number of nitrogens with one attached hydrogen (secondary N) is 1. The van der Waals surface area contributed by atoms with Gasteiger partial charge in [-0.3, -0.25) is 9.20 Å². The lowest BCUT2D eigenvalue weighted by molar-refractivity contribution is -0.119. The van der Waals surface area contributed by atoms with E-state index in [9.17, 15) is 10.1 Å². The van der Waals surface area contributed by atoms with E-state index >= 15 is 0 Å². The third-order valence-electron chi connectivity index (χ3n) is 4.18. The number of rotatable bonds is 4. The second-order valence-corrected chi connectivity index (χ2v) is 5.66. The van der Waals surface area contributed by atoms with Crippen molar-refractivity contribution in [1.29, 1.82) is 5.26 Å². The maximum atomic E-state index is 11.8. The molecule has 0 radical (unpaired) electrons. The molecule has 122 valence electrons. The highest BCUT2D eigenvalue weighted by Crippen LogP contribution is 2.28. The highest BCUT2D eigenvalue weighted by atomic mass is 16.1. The van der Waals surface area contributed by atoms with Crippen LogP contribution in [0.1, 0.15) is 18.1 Å². The van der Waals surface area contributed by atoms with Gasteiger partial charge in [0.25, 0.3) is 0 Å². The molecule has 3 rings (SSSR count). The summed E-state index contributed by atoms with van der Waals surface area (Å²) in [5.41, 5.74) is 3.91. The van der Waals surface area contributed by atoms with Crippen LogP contribution >= 0.6 is 0 Å². The van der Waals surface area contributed by atoms with Crippen molar-refractivity contribution in [1.82, 2.24) is 14.7 Å². The Labute approximate surface area is 140 Å². The Balaban J connectivity index is 2.35. The summed E-state index contributed by atoms with van der Waals surface area (Å²) < 4.78 is 1.95. The summed E-state index contributed by atoms with van der Waals surface area (Å²) in [5, 5.41) is 12.2. The number of anilines is 1. The van der Waals surface area contributed by atoms with Gasteiger partial charge in [0.15, 0.2) is 5.65 Å². The molecular weight excluding hydrogens is 302 g/mol. The first kappa shape index (κ1) is 15.8. The van der Waals surface area contributed by atoms with Crippen LogP contribution < -0.4 is 10.2 Å². The molecule has 1 N–H and O–H groups in total. The fourth-order valence-electron chi connectivity index (χ4n) is 2.92. The van der Waals surface area contributed by atoms with Crippen molar-refractivity contribution in [3.63, 3.8) is 0 Å². The van der Waals surface area contributed by atoms with E-state index < -0.39 is 0 Å². The summed E-state index contributed by atoms with van der Waals surface area (Å²) in [6.07, 6.45) is 0.726. The molecule has 0 fully saturated rings. The molecule has 0 saturated heterocycles. The number of pyridine rings is 1. The Morgan fingerprint density at radius 1 is 1.42 bits per heavy atom. The van der Waals surface area contributed by atoms with Gasteiger partial charge in [-0.2, -0.15) is 5.26 Å². The number of para-hydroxylation sites is 2. The van der Waals surface area contributed by atoms with Crippen molar-refractivity contribution in [3.05, 3.63) is 41.5 Å². The summed E-state index contributed by atoms with van der Waals surface area (Å²) in [6, 6.07) is 12.0. The third-order valence-corrected chi connectivity index (χ3v) is 4.18. The van der Waals surface area contributed by atoms with Gasteiger partial charge in [-0.25, -0.2) is 4.98 Å². The van der Waals surface area contributed by atoms with Crippen molar-refractivity contribution in [2.75, 3.05) is 25.5 Å². The number of benzene rings is 1. The number of imidazole rings is 1. The molecule has 0 unspecified atom stereocenters. The molecule has 0 aliphatic rings. The number of aryl methyl sites for hydroxylation is 1. The molecule has 6 heteroatoms. The largest absolute Gasteiger partial charge is 0.358 e. The van der Waals surface area contributed by atoms with Crippen LogP contribution in [0.5, 0.6) is 0 Å². The first-order chi connectivity index (χ1) is 11.6. The first-order valence-electron chi connectivity index (χ1n) is 7.85. The number of nitrogens with zero attached hydrogens (tertiary/aromatic N) is 4. The van der Waals surface area contributed by atoms with Gasteiger partial charge in [0.05, 0.1) is 23.1 Å². The molecule has 0 aliphatic carbocycles. The van der Waals surface area contributed by atoms with Crippen LogP contribution in [0, 0.1) is 11.3 Å². The number of carbonyl (C=O) groups excluding carboxylic acids is 1. The molecular formula is C18H19N5O. The van der Waals surface area contributed by atoms with Crippen LogP contribution in [0.15, 0.2) is 30.3 Å². The molecule has 0 aliphatic heterocycles. The standard InChI is InChI=1S/C18H19N5O/c1-4-12-9-17(22(3)11-16(24)20-2)23-15-8-6-5-7-14(15)21-18(23)13(12)10-19/h5-9H,4,11H2,1-3H3,(H,20,24). The number of likely N-dealkylation sites (N-methyl/N-ethyl adjacent to an activating group) is 2. The molecule has 3 aromatic rings. The molecule has 2 heterocycles. The van der Waals surface area contributed by atoms with Gasteiger partial charge in [-0.05, 0) is 30.2 Å². The minimum absolute atomic E-state index is 0.0718. The number of hydrogen-bond donors (Lipinski definition) is 1. The summed E-state index contributed by atoms with van der Waals surface area (Å²) >= 11 is 0. The van der Waals surface area contributed by atoms with Crippen molar-refractivity contribution >= 4 is 28.4 Å². The lowest BCUT2D eigenvalue weighted by atomic mass is 10.1. The van der Waals surface area contributed by atoms with E-state index in [-0.39, 0.29) is 12.5 Å². The van der Waals surface area contributed by atoms with E-state index in [4.69, 9.17) is 0 Å². The monoisotopic (exact) mass is 321 g/mol. The molecule has 0 atom stereocenters. The van der Waals surface area contributed by atoms with Crippen molar-refractivity contribution in [2.45, 2.75) is 13.3 Å². The molecule has 24 heavy (non-hydrogen) atoms. The Morgan fingerprint density at radius 3 is 2.83 bits per heavy atom. The maximum Gasteiger partial charge on any atom is 0.239 e. The number of carbonyl (C=O) groups is 1. The van der Waals surface area contributed by atoms with Gasteiger partial charge in [0, 0.05) is 14.1 Å². The lowest BCUT2D eigenvalue weighted by Gasteiger charge is -2.21. The molecule has 0 bridgehead atoms. The van der Waals surface area contributed by atoms with Crippen LogP contribution in [-0.4, -0.2) is 35.9 Å². The molecule has 1 aromatic carbocycles. The van der Waals surface area contributed by atoms with Crippen molar-refractivity contribution < 1.29 is 4.79 Å². The number of hydrogen-bond acceptors (Lipinski definition) is 4. The average molecular weight is 321 g/mol. The molecule has 0 saturated carbocycles. The number of fused-ring (bicyclic) bond motifs is 3. The van der Waals surface area contributed by atoms with E-state index in [1.807, 2.05) is 53.6 Å². The van der Waals surface area contributed by atoms with E-state index in [2.05, 4.69) is 16.4 Å². The molecule has 1 amide bonds. The highest BCUT2D eigenvalue weighted by Gasteiger charge is 2.18. The van der Waals surface area contributed by atoms with Gasteiger partial charge < -0.3 is 10.2 Å². The van der Waals surface area contributed by atoms with E-state index in [1.165, 1.54) is 0 Å². The lowest BCUT2D eigenvalue weighted by Crippen LogP contribution is -2.34. The van der Waals surface area contributed by atoms with Gasteiger partial charge >= 0.3 is 0 Å².